The van der Waals surface area contributed by atoms with Crippen LogP contribution in [0.3, 0.4) is 0 Å². The van der Waals surface area contributed by atoms with Crippen molar-refractivity contribution in [1.82, 2.24) is 30.3 Å². The Balaban J connectivity index is 1.27. The average molecular weight is 603 g/mol. The second-order valence-electron chi connectivity index (χ2n) is 11.4. The number of aromatic nitrogens is 1. The molecule has 3 heterocycles. The van der Waals surface area contributed by atoms with Crippen molar-refractivity contribution < 1.29 is 9.59 Å². The van der Waals surface area contributed by atoms with E-state index in [1.807, 2.05) is 59.6 Å². The van der Waals surface area contributed by atoms with Crippen LogP contribution in [0.5, 0.6) is 0 Å². The number of amides is 2. The van der Waals surface area contributed by atoms with E-state index in [0.29, 0.717) is 37.5 Å². The molecule has 1 aromatic heterocycles. The molecule has 228 valence electrons. The zero-order chi connectivity index (χ0) is 30.2. The number of hydrogen-bond acceptors (Lipinski definition) is 6. The van der Waals surface area contributed by atoms with Crippen molar-refractivity contribution in [3.8, 4) is 0 Å². The summed E-state index contributed by atoms with van der Waals surface area (Å²) in [5.74, 6) is -0.188. The maximum absolute atomic E-state index is 14.0. The van der Waals surface area contributed by atoms with Crippen LogP contribution in [0, 0.1) is 0 Å². The molecule has 2 amide bonds. The van der Waals surface area contributed by atoms with Gasteiger partial charge >= 0.3 is 0 Å². The van der Waals surface area contributed by atoms with Gasteiger partial charge in [-0.05, 0) is 60.5 Å². The Morgan fingerprint density at radius 1 is 0.977 bits per heavy atom. The molecule has 8 nitrogen and oxygen atoms in total. The summed E-state index contributed by atoms with van der Waals surface area (Å²) in [5, 5.41) is 7.12. The van der Waals surface area contributed by atoms with Crippen LogP contribution in [0.2, 0.25) is 5.02 Å². The fourth-order valence-electron chi connectivity index (χ4n) is 6.14. The maximum atomic E-state index is 14.0. The number of hydrogen-bond donors (Lipinski definition) is 2. The van der Waals surface area contributed by atoms with E-state index in [0.717, 1.165) is 44.0 Å². The molecule has 0 saturated carbocycles. The van der Waals surface area contributed by atoms with Crippen molar-refractivity contribution in [3.63, 3.8) is 0 Å². The van der Waals surface area contributed by atoms with Crippen LogP contribution >= 0.6 is 11.6 Å². The smallest absolute Gasteiger partial charge is 0.245 e. The summed E-state index contributed by atoms with van der Waals surface area (Å²) < 4.78 is 0. The van der Waals surface area contributed by atoms with Crippen molar-refractivity contribution in [1.29, 1.82) is 0 Å². The SMILES string of the molecule is CCN(CC)CC(c1ccccn1)N1CCN(C(=O)C(Cc2ccc(Cl)cc2)NC(=O)C2Cc3ccccc3CN2)CC1. The second kappa shape index (κ2) is 14.9. The van der Waals surface area contributed by atoms with Gasteiger partial charge in [-0.25, -0.2) is 0 Å². The molecule has 5 rings (SSSR count). The molecule has 2 aliphatic heterocycles. The highest BCUT2D eigenvalue weighted by Gasteiger charge is 2.34. The monoisotopic (exact) mass is 602 g/mol. The molecule has 3 unspecified atom stereocenters. The van der Waals surface area contributed by atoms with Gasteiger partial charge in [-0.3, -0.25) is 19.5 Å². The Hall–Kier alpha value is -3.30. The van der Waals surface area contributed by atoms with Gasteiger partial charge in [-0.15, -0.1) is 0 Å². The molecule has 3 aromatic rings. The summed E-state index contributed by atoms with van der Waals surface area (Å²) in [7, 11) is 0. The minimum absolute atomic E-state index is 0.0442. The molecule has 2 aliphatic rings. The second-order valence-corrected chi connectivity index (χ2v) is 11.9. The van der Waals surface area contributed by atoms with Crippen LogP contribution in [-0.4, -0.2) is 89.4 Å². The van der Waals surface area contributed by atoms with Gasteiger partial charge in [0.25, 0.3) is 0 Å². The van der Waals surface area contributed by atoms with E-state index >= 15 is 0 Å². The van der Waals surface area contributed by atoms with Crippen molar-refractivity contribution in [2.24, 2.45) is 0 Å². The highest BCUT2D eigenvalue weighted by atomic mass is 35.5. The molecule has 2 N–H and O–H groups in total. The molecule has 3 atom stereocenters. The third-order valence-electron chi connectivity index (χ3n) is 8.79. The summed E-state index contributed by atoms with van der Waals surface area (Å²) in [5.41, 5.74) is 4.40. The molecule has 0 radical (unpaired) electrons. The van der Waals surface area contributed by atoms with E-state index < -0.39 is 6.04 Å². The molecule has 1 fully saturated rings. The van der Waals surface area contributed by atoms with Gasteiger partial charge in [0, 0.05) is 56.9 Å². The number of pyridine rings is 1. The van der Waals surface area contributed by atoms with Gasteiger partial charge < -0.3 is 20.4 Å². The fourth-order valence-corrected chi connectivity index (χ4v) is 6.26. The molecular weight excluding hydrogens is 560 g/mol. The topological polar surface area (TPSA) is 80.8 Å². The van der Waals surface area contributed by atoms with Crippen molar-refractivity contribution >= 4 is 23.4 Å². The van der Waals surface area contributed by atoms with E-state index in [1.165, 1.54) is 11.1 Å². The van der Waals surface area contributed by atoms with E-state index in [4.69, 9.17) is 16.6 Å². The van der Waals surface area contributed by atoms with Crippen LogP contribution in [0.1, 0.15) is 42.3 Å². The first-order chi connectivity index (χ1) is 20.9. The van der Waals surface area contributed by atoms with Gasteiger partial charge in [0.05, 0.1) is 17.8 Å². The Morgan fingerprint density at radius 3 is 2.35 bits per heavy atom. The quantitative estimate of drug-likeness (QED) is 0.348. The molecule has 0 aliphatic carbocycles. The van der Waals surface area contributed by atoms with Crippen molar-refractivity contribution in [2.45, 2.75) is 51.4 Å². The number of nitrogens with one attached hydrogen (secondary N) is 2. The Morgan fingerprint density at radius 2 is 1.67 bits per heavy atom. The standard InChI is InChI=1S/C34H43ClN6O2/c1-3-39(4-2)24-32(29-11-7-8-16-36-29)40-17-19-41(20-18-40)34(43)31(21-25-12-14-28(35)15-13-25)38-33(42)30-22-26-9-5-6-10-27(26)23-37-30/h5-16,30-32,37H,3-4,17-24H2,1-2H3,(H,38,42). The first-order valence-corrected chi connectivity index (χ1v) is 15.8. The molecule has 1 saturated heterocycles. The van der Waals surface area contributed by atoms with E-state index in [2.05, 4.69) is 52.5 Å². The van der Waals surface area contributed by atoms with E-state index in [1.54, 1.807) is 0 Å². The van der Waals surface area contributed by atoms with E-state index in [-0.39, 0.29) is 23.9 Å². The molecular formula is C34H43ClN6O2. The number of nitrogens with zero attached hydrogens (tertiary/aromatic N) is 4. The van der Waals surface area contributed by atoms with Crippen LogP contribution < -0.4 is 10.6 Å². The van der Waals surface area contributed by atoms with Crippen molar-refractivity contribution in [2.75, 3.05) is 45.8 Å². The summed E-state index contributed by atoms with van der Waals surface area (Å²) >= 11 is 6.13. The lowest BCUT2D eigenvalue weighted by Gasteiger charge is -2.41. The Labute approximate surface area is 260 Å². The first-order valence-electron chi connectivity index (χ1n) is 15.5. The van der Waals surface area contributed by atoms with Crippen LogP contribution in [0.25, 0.3) is 0 Å². The number of rotatable bonds is 11. The Kier molecular flexibility index (Phi) is 10.8. The summed E-state index contributed by atoms with van der Waals surface area (Å²) in [6, 6.07) is 20.9. The summed E-state index contributed by atoms with van der Waals surface area (Å²) in [6.07, 6.45) is 2.86. The predicted molar refractivity (Wildman–Crippen MR) is 171 cm³/mol. The average Bonchev–Trinajstić information content (AvgIpc) is 3.06. The molecule has 2 aromatic carbocycles. The first kappa shape index (κ1) is 31.1. The predicted octanol–water partition coefficient (Wildman–Crippen LogP) is 3.70. The normalized spacial score (nSPS) is 18.6. The van der Waals surface area contributed by atoms with Crippen LogP contribution in [0.4, 0.5) is 0 Å². The third kappa shape index (κ3) is 8.00. The fraction of sp³-hybridized carbons (Fsp3) is 0.441. The van der Waals surface area contributed by atoms with Gasteiger partial charge in [-0.2, -0.15) is 0 Å². The number of benzene rings is 2. The lowest BCUT2D eigenvalue weighted by molar-refractivity contribution is -0.138. The molecule has 0 bridgehead atoms. The minimum atomic E-state index is -0.665. The van der Waals surface area contributed by atoms with Gasteiger partial charge in [-0.1, -0.05) is 67.9 Å². The number of carbonyl (C=O) groups excluding carboxylic acids is 2. The third-order valence-corrected chi connectivity index (χ3v) is 9.04. The highest BCUT2D eigenvalue weighted by molar-refractivity contribution is 6.30. The lowest BCUT2D eigenvalue weighted by Crippen LogP contribution is -2.58. The highest BCUT2D eigenvalue weighted by Crippen LogP contribution is 2.23. The van der Waals surface area contributed by atoms with Gasteiger partial charge in [0.15, 0.2) is 0 Å². The van der Waals surface area contributed by atoms with E-state index in [9.17, 15) is 9.59 Å². The summed E-state index contributed by atoms with van der Waals surface area (Å²) in [6.45, 7) is 10.6. The zero-order valence-corrected chi connectivity index (χ0v) is 26.0. The number of carbonyl (C=O) groups is 2. The molecule has 9 heteroatoms. The largest absolute Gasteiger partial charge is 0.343 e. The maximum Gasteiger partial charge on any atom is 0.245 e. The number of halogens is 1. The number of piperazine rings is 1. The molecule has 0 spiro atoms. The van der Waals surface area contributed by atoms with Crippen molar-refractivity contribution in [3.05, 3.63) is 100 Å². The van der Waals surface area contributed by atoms with Gasteiger partial charge in [0.2, 0.25) is 11.8 Å². The number of likely N-dealkylation sites (N-methyl/N-ethyl adjacent to an activating group) is 1. The molecule has 43 heavy (non-hydrogen) atoms. The van der Waals surface area contributed by atoms with Crippen LogP contribution in [-0.2, 0) is 29.0 Å². The number of fused-ring (bicyclic) bond motifs is 1. The summed E-state index contributed by atoms with van der Waals surface area (Å²) in [4.78, 5) is 39.0. The van der Waals surface area contributed by atoms with Gasteiger partial charge in [0.1, 0.15) is 6.04 Å². The Bertz CT molecular complexity index is 1340. The van der Waals surface area contributed by atoms with Crippen LogP contribution in [0.15, 0.2) is 72.9 Å². The zero-order valence-electron chi connectivity index (χ0n) is 25.2. The minimum Gasteiger partial charge on any atom is -0.343 e. The lowest BCUT2D eigenvalue weighted by atomic mass is 9.95.